The normalized spacial score (nSPS) is 17.0. The molecule has 0 aromatic rings. The van der Waals surface area contributed by atoms with Crippen molar-refractivity contribution in [3.05, 3.63) is 0 Å². The summed E-state index contributed by atoms with van der Waals surface area (Å²) >= 11 is 0. The minimum atomic E-state index is -4.68. The molecular formula is C8H17NaO4S. The molecule has 6 heteroatoms. The van der Waals surface area contributed by atoms with Gasteiger partial charge in [-0.3, -0.25) is 0 Å². The largest absolute Gasteiger partial charge is 1.00 e. The first kappa shape index (κ1) is 17.3. The van der Waals surface area contributed by atoms with Crippen LogP contribution >= 0.6 is 0 Å². The van der Waals surface area contributed by atoms with Crippen molar-refractivity contribution in [2.75, 3.05) is 0 Å². The molecule has 0 radical (unpaired) electrons. The Balaban J connectivity index is 0. The molecule has 0 aliphatic carbocycles. The zero-order valence-electron chi connectivity index (χ0n) is 9.49. The third kappa shape index (κ3) is 3.47. The molecule has 0 fully saturated rings. The van der Waals surface area contributed by atoms with Gasteiger partial charge in [-0.2, -0.15) is 0 Å². The predicted molar refractivity (Wildman–Crippen MR) is 49.0 cm³/mol. The van der Waals surface area contributed by atoms with Crippen LogP contribution in [0.2, 0.25) is 0 Å². The van der Waals surface area contributed by atoms with Crippen molar-refractivity contribution in [1.29, 1.82) is 0 Å². The smallest absolute Gasteiger partial charge is 0.746 e. The summed E-state index contributed by atoms with van der Waals surface area (Å²) in [4.78, 5) is -2.16. The molecule has 0 bridgehead atoms. The molecule has 0 aromatic carbocycles. The zero-order chi connectivity index (χ0) is 10.9. The van der Waals surface area contributed by atoms with Crippen LogP contribution in [0.1, 0.15) is 40.5 Å². The summed E-state index contributed by atoms with van der Waals surface area (Å²) < 4.78 is 32.7. The second kappa shape index (κ2) is 5.27. The van der Waals surface area contributed by atoms with Crippen molar-refractivity contribution in [3.63, 3.8) is 0 Å². The maximum absolute atomic E-state index is 10.9. The molecular weight excluding hydrogens is 215 g/mol. The Morgan fingerprint density at radius 3 is 1.71 bits per heavy atom. The molecule has 14 heavy (non-hydrogen) atoms. The van der Waals surface area contributed by atoms with Crippen molar-refractivity contribution in [2.45, 2.75) is 45.5 Å². The summed E-state index contributed by atoms with van der Waals surface area (Å²) in [6.07, 6.45) is 0.428. The fourth-order valence-corrected chi connectivity index (χ4v) is 2.42. The molecule has 0 rings (SSSR count). The number of aliphatic hydroxyl groups is 1. The van der Waals surface area contributed by atoms with Crippen LogP contribution in [-0.2, 0) is 10.1 Å². The van der Waals surface area contributed by atoms with Crippen molar-refractivity contribution in [3.8, 4) is 0 Å². The number of rotatable bonds is 3. The molecule has 0 aromatic heterocycles. The molecule has 1 N–H and O–H groups in total. The predicted octanol–water partition coefficient (Wildman–Crippen LogP) is -1.93. The van der Waals surface area contributed by atoms with E-state index in [1.165, 1.54) is 20.8 Å². The van der Waals surface area contributed by atoms with Crippen molar-refractivity contribution in [2.24, 2.45) is 5.41 Å². The van der Waals surface area contributed by atoms with E-state index in [-0.39, 0.29) is 36.0 Å². The van der Waals surface area contributed by atoms with Gasteiger partial charge in [-0.1, -0.05) is 34.1 Å². The van der Waals surface area contributed by atoms with Crippen LogP contribution in [0.25, 0.3) is 0 Å². The maximum Gasteiger partial charge on any atom is 1.00 e. The average Bonchev–Trinajstić information content (AvgIpc) is 1.82. The molecule has 1 atom stereocenters. The van der Waals surface area contributed by atoms with E-state index in [0.29, 0.717) is 6.42 Å². The molecule has 0 aliphatic rings. The summed E-state index contributed by atoms with van der Waals surface area (Å²) in [5.41, 5.74) is -0.955. The van der Waals surface area contributed by atoms with Crippen molar-refractivity contribution >= 4 is 10.1 Å². The van der Waals surface area contributed by atoms with E-state index in [9.17, 15) is 18.1 Å². The van der Waals surface area contributed by atoms with E-state index < -0.39 is 20.5 Å². The molecule has 0 saturated carbocycles. The fraction of sp³-hybridized carbons (Fsp3) is 1.00. The molecule has 4 nitrogen and oxygen atoms in total. The van der Waals surface area contributed by atoms with Crippen LogP contribution in [0.15, 0.2) is 0 Å². The quantitative estimate of drug-likeness (QED) is 0.454. The second-order valence-electron chi connectivity index (χ2n) is 4.24. The van der Waals surface area contributed by atoms with E-state index >= 15 is 0 Å². The van der Waals surface area contributed by atoms with Gasteiger partial charge >= 0.3 is 29.6 Å². The fourth-order valence-electron chi connectivity index (χ4n) is 1.21. The van der Waals surface area contributed by atoms with Gasteiger partial charge in [-0.05, 0) is 6.42 Å². The molecule has 1 unspecified atom stereocenters. The van der Waals surface area contributed by atoms with Crippen LogP contribution in [0.4, 0.5) is 0 Å². The Morgan fingerprint density at radius 1 is 1.29 bits per heavy atom. The zero-order valence-corrected chi connectivity index (χ0v) is 12.3. The molecule has 0 amide bonds. The third-order valence-corrected chi connectivity index (χ3v) is 3.82. The van der Waals surface area contributed by atoms with Gasteiger partial charge in [0, 0.05) is 5.41 Å². The van der Waals surface area contributed by atoms with Crippen molar-refractivity contribution in [1.82, 2.24) is 0 Å². The maximum atomic E-state index is 10.9. The Morgan fingerprint density at radius 2 is 1.64 bits per heavy atom. The summed E-state index contributed by atoms with van der Waals surface area (Å²) in [6.45, 7) is 6.34. The SMILES string of the molecule is CCCC(O)(C(C)(C)C)S(=O)(=O)[O-].[Na+]. The third-order valence-electron chi connectivity index (χ3n) is 2.17. The first-order valence-electron chi connectivity index (χ1n) is 4.24. The summed E-state index contributed by atoms with van der Waals surface area (Å²) in [5.74, 6) is 0. The first-order valence-corrected chi connectivity index (χ1v) is 5.65. The van der Waals surface area contributed by atoms with Gasteiger partial charge in [0.1, 0.15) is 10.1 Å². The number of hydrogen-bond donors (Lipinski definition) is 1. The minimum Gasteiger partial charge on any atom is -0.746 e. The van der Waals surface area contributed by atoms with Crippen LogP contribution < -0.4 is 29.6 Å². The van der Waals surface area contributed by atoms with Gasteiger partial charge in [-0.15, -0.1) is 0 Å². The Labute approximate surface area is 108 Å². The van der Waals surface area contributed by atoms with E-state index in [1.54, 1.807) is 6.92 Å². The van der Waals surface area contributed by atoms with E-state index in [0.717, 1.165) is 0 Å². The molecule has 80 valence electrons. The first-order chi connectivity index (χ1) is 5.56. The molecule has 0 spiro atoms. The Bertz CT molecular complexity index is 268. The summed E-state index contributed by atoms with van der Waals surface area (Å²) in [7, 11) is -4.68. The minimum absolute atomic E-state index is 0. The Kier molecular flexibility index (Phi) is 6.51. The summed E-state index contributed by atoms with van der Waals surface area (Å²) in [6, 6.07) is 0. The molecule has 0 heterocycles. The number of hydrogen-bond acceptors (Lipinski definition) is 4. The van der Waals surface area contributed by atoms with Gasteiger partial charge in [0.05, 0.1) is 0 Å². The van der Waals surface area contributed by atoms with Gasteiger partial charge < -0.3 is 9.66 Å². The topological polar surface area (TPSA) is 77.4 Å². The van der Waals surface area contributed by atoms with Gasteiger partial charge in [0.15, 0.2) is 4.93 Å². The molecule has 0 saturated heterocycles. The van der Waals surface area contributed by atoms with E-state index in [1.807, 2.05) is 0 Å². The van der Waals surface area contributed by atoms with Crippen molar-refractivity contribution < 1.29 is 47.6 Å². The van der Waals surface area contributed by atoms with Gasteiger partial charge in [-0.25, -0.2) is 8.42 Å². The van der Waals surface area contributed by atoms with Crippen LogP contribution in [0, 0.1) is 5.41 Å². The van der Waals surface area contributed by atoms with Gasteiger partial charge in [0.25, 0.3) is 0 Å². The standard InChI is InChI=1S/C8H18O4S.Na/c1-5-6-8(9,7(2,3)4)13(10,11)12;/h9H,5-6H2,1-4H3,(H,10,11,12);/q;+1/p-1. The van der Waals surface area contributed by atoms with Crippen LogP contribution in [0.5, 0.6) is 0 Å². The van der Waals surface area contributed by atoms with Gasteiger partial charge in [0.2, 0.25) is 0 Å². The monoisotopic (exact) mass is 232 g/mol. The average molecular weight is 232 g/mol. The summed E-state index contributed by atoms with van der Waals surface area (Å²) in [5, 5.41) is 9.78. The Hall–Kier alpha value is 0.870. The second-order valence-corrected chi connectivity index (χ2v) is 5.82. The van der Waals surface area contributed by atoms with E-state index in [2.05, 4.69) is 0 Å². The van der Waals surface area contributed by atoms with Crippen LogP contribution in [-0.4, -0.2) is 23.0 Å². The van der Waals surface area contributed by atoms with E-state index in [4.69, 9.17) is 0 Å². The van der Waals surface area contributed by atoms with Crippen LogP contribution in [0.3, 0.4) is 0 Å². The molecule has 0 aliphatic heterocycles.